The smallest absolute Gasteiger partial charge is 0.0464 e. The molecule has 0 aromatic carbocycles. The lowest BCUT2D eigenvalue weighted by Gasteiger charge is -2.54. The van der Waals surface area contributed by atoms with Crippen molar-refractivity contribution >= 4 is 0 Å². The second-order valence-corrected chi connectivity index (χ2v) is 8.00. The zero-order valence-electron chi connectivity index (χ0n) is 12.0. The van der Waals surface area contributed by atoms with Crippen molar-refractivity contribution in [3.63, 3.8) is 0 Å². The van der Waals surface area contributed by atoms with Crippen LogP contribution in [0.3, 0.4) is 0 Å². The number of aliphatic hydroxyl groups excluding tert-OH is 1. The van der Waals surface area contributed by atoms with Crippen molar-refractivity contribution in [3.8, 4) is 0 Å². The molecule has 1 heteroatoms. The predicted molar refractivity (Wildman–Crippen MR) is 77.6 cm³/mol. The van der Waals surface area contributed by atoms with Crippen molar-refractivity contribution in [2.75, 3.05) is 6.61 Å². The highest BCUT2D eigenvalue weighted by Gasteiger charge is 2.47. The van der Waals surface area contributed by atoms with Gasteiger partial charge in [0.15, 0.2) is 0 Å². The van der Waals surface area contributed by atoms with Gasteiger partial charge in [0, 0.05) is 6.61 Å². The molecule has 0 aromatic rings. The van der Waals surface area contributed by atoms with Crippen molar-refractivity contribution in [2.45, 2.75) is 51.4 Å². The number of hydrogen-bond donors (Lipinski definition) is 1. The van der Waals surface area contributed by atoms with Crippen LogP contribution in [-0.4, -0.2) is 11.7 Å². The lowest BCUT2D eigenvalue weighted by molar-refractivity contribution is -0.0569. The van der Waals surface area contributed by atoms with Crippen molar-refractivity contribution in [1.82, 2.24) is 0 Å². The van der Waals surface area contributed by atoms with E-state index >= 15 is 0 Å². The molecule has 5 fully saturated rings. The third kappa shape index (κ3) is 2.28. The largest absolute Gasteiger partial charge is 0.396 e. The van der Waals surface area contributed by atoms with Gasteiger partial charge in [0.25, 0.3) is 0 Å². The topological polar surface area (TPSA) is 20.2 Å². The Balaban J connectivity index is 0.000000117. The molecule has 0 radical (unpaired) electrons. The minimum atomic E-state index is 0.467. The van der Waals surface area contributed by atoms with Gasteiger partial charge in [-0.2, -0.15) is 0 Å². The second-order valence-electron chi connectivity index (χ2n) is 8.00. The minimum Gasteiger partial charge on any atom is -0.396 e. The van der Waals surface area contributed by atoms with Crippen LogP contribution in [0, 0.1) is 41.4 Å². The highest BCUT2D eigenvalue weighted by molar-refractivity contribution is 5.06. The van der Waals surface area contributed by atoms with Crippen molar-refractivity contribution in [3.05, 3.63) is 12.2 Å². The van der Waals surface area contributed by atoms with E-state index in [0.29, 0.717) is 12.5 Å². The zero-order chi connectivity index (χ0) is 12.8. The summed E-state index contributed by atoms with van der Waals surface area (Å²) in [4.78, 5) is 0. The maximum atomic E-state index is 9.30. The number of aliphatic hydroxyl groups is 1. The molecular weight excluding hydrogens is 232 g/mol. The summed E-state index contributed by atoms with van der Waals surface area (Å²) in [7, 11) is 0. The summed E-state index contributed by atoms with van der Waals surface area (Å²) < 4.78 is 0. The van der Waals surface area contributed by atoms with E-state index in [1.54, 1.807) is 0 Å². The monoisotopic (exact) mass is 260 g/mol. The molecule has 6 rings (SSSR count). The molecule has 6 bridgehead atoms. The van der Waals surface area contributed by atoms with E-state index < -0.39 is 0 Å². The Kier molecular flexibility index (Phi) is 3.22. The first-order valence-electron chi connectivity index (χ1n) is 8.61. The molecule has 1 N–H and O–H groups in total. The fourth-order valence-corrected chi connectivity index (χ4v) is 6.05. The lowest BCUT2D eigenvalue weighted by atomic mass is 9.52. The first-order chi connectivity index (χ1) is 9.31. The molecule has 6 aliphatic rings. The normalized spacial score (nSPS) is 52.4. The molecule has 106 valence electrons. The highest BCUT2D eigenvalue weighted by atomic mass is 16.3. The molecule has 6 aliphatic carbocycles. The van der Waals surface area contributed by atoms with Gasteiger partial charge in [-0.25, -0.2) is 0 Å². The fourth-order valence-electron chi connectivity index (χ4n) is 6.05. The van der Waals surface area contributed by atoms with Crippen LogP contribution in [0.15, 0.2) is 12.2 Å². The quantitative estimate of drug-likeness (QED) is 0.706. The molecule has 2 unspecified atom stereocenters. The SMILES string of the molecule is C1=CC2CCC1C2.OCC1C2CC3CC(C2)CC1C3. The Morgan fingerprint density at radius 2 is 1.26 bits per heavy atom. The standard InChI is InChI=1S/C11H18O.C7H10/c12-6-11-9-2-7-1-8(4-9)5-10(11)3-7;1-2-7-4-3-6(1)5-7/h7-12H,1-6H2;1-2,6-7H,3-5H2. The van der Waals surface area contributed by atoms with E-state index in [2.05, 4.69) is 12.2 Å². The van der Waals surface area contributed by atoms with Crippen LogP contribution >= 0.6 is 0 Å². The van der Waals surface area contributed by atoms with Gasteiger partial charge in [0.2, 0.25) is 0 Å². The molecule has 1 nitrogen and oxygen atoms in total. The predicted octanol–water partition coefficient (Wildman–Crippen LogP) is 4.02. The maximum absolute atomic E-state index is 9.30. The molecule has 0 aromatic heterocycles. The van der Waals surface area contributed by atoms with Gasteiger partial charge in [-0.15, -0.1) is 0 Å². The molecule has 5 saturated carbocycles. The van der Waals surface area contributed by atoms with Crippen molar-refractivity contribution in [2.24, 2.45) is 41.4 Å². The Morgan fingerprint density at radius 3 is 1.58 bits per heavy atom. The Bertz CT molecular complexity index is 319. The van der Waals surface area contributed by atoms with E-state index in [0.717, 1.165) is 35.5 Å². The molecule has 2 atom stereocenters. The molecular formula is C18H28O. The third-order valence-electron chi connectivity index (χ3n) is 6.80. The van der Waals surface area contributed by atoms with Crippen LogP contribution in [0.25, 0.3) is 0 Å². The van der Waals surface area contributed by atoms with Gasteiger partial charge in [-0.3, -0.25) is 0 Å². The molecule has 0 spiro atoms. The average Bonchev–Trinajstić information content (AvgIpc) is 3.03. The Hall–Kier alpha value is -0.300. The van der Waals surface area contributed by atoms with Crippen molar-refractivity contribution in [1.29, 1.82) is 0 Å². The molecule has 0 aliphatic heterocycles. The molecule has 0 heterocycles. The van der Waals surface area contributed by atoms with Crippen LogP contribution in [0.2, 0.25) is 0 Å². The van der Waals surface area contributed by atoms with Crippen LogP contribution in [0.1, 0.15) is 51.4 Å². The van der Waals surface area contributed by atoms with Crippen LogP contribution in [0.5, 0.6) is 0 Å². The van der Waals surface area contributed by atoms with Crippen LogP contribution < -0.4 is 0 Å². The zero-order valence-corrected chi connectivity index (χ0v) is 12.0. The lowest BCUT2D eigenvalue weighted by Crippen LogP contribution is -2.46. The van der Waals surface area contributed by atoms with Gasteiger partial charge in [0.05, 0.1) is 0 Å². The first kappa shape index (κ1) is 12.4. The average molecular weight is 260 g/mol. The Labute approximate surface area is 117 Å². The maximum Gasteiger partial charge on any atom is 0.0464 e. The highest BCUT2D eigenvalue weighted by Crippen LogP contribution is 2.56. The summed E-state index contributed by atoms with van der Waals surface area (Å²) in [6, 6.07) is 0. The van der Waals surface area contributed by atoms with E-state index in [9.17, 15) is 5.11 Å². The Morgan fingerprint density at radius 1 is 0.737 bits per heavy atom. The number of rotatable bonds is 1. The van der Waals surface area contributed by atoms with Gasteiger partial charge in [-0.05, 0) is 92.8 Å². The van der Waals surface area contributed by atoms with E-state index in [4.69, 9.17) is 0 Å². The van der Waals surface area contributed by atoms with Crippen molar-refractivity contribution < 1.29 is 5.11 Å². The van der Waals surface area contributed by atoms with E-state index in [-0.39, 0.29) is 0 Å². The first-order valence-corrected chi connectivity index (χ1v) is 8.61. The summed E-state index contributed by atoms with van der Waals surface area (Å²) in [6.45, 7) is 0.467. The van der Waals surface area contributed by atoms with Gasteiger partial charge >= 0.3 is 0 Å². The summed E-state index contributed by atoms with van der Waals surface area (Å²) in [5, 5.41) is 9.30. The van der Waals surface area contributed by atoms with E-state index in [1.807, 2.05) is 0 Å². The van der Waals surface area contributed by atoms with E-state index in [1.165, 1.54) is 51.4 Å². The van der Waals surface area contributed by atoms with Crippen LogP contribution in [0.4, 0.5) is 0 Å². The summed E-state index contributed by atoms with van der Waals surface area (Å²) in [5.74, 6) is 6.59. The summed E-state index contributed by atoms with van der Waals surface area (Å²) in [5.41, 5.74) is 0. The van der Waals surface area contributed by atoms with Gasteiger partial charge in [0.1, 0.15) is 0 Å². The number of fused-ring (bicyclic) bond motifs is 2. The van der Waals surface area contributed by atoms with Gasteiger partial charge < -0.3 is 5.11 Å². The molecule has 0 amide bonds. The van der Waals surface area contributed by atoms with Crippen LogP contribution in [-0.2, 0) is 0 Å². The molecule has 19 heavy (non-hydrogen) atoms. The fraction of sp³-hybridized carbons (Fsp3) is 0.889. The number of hydrogen-bond acceptors (Lipinski definition) is 1. The molecule has 0 saturated heterocycles. The summed E-state index contributed by atoms with van der Waals surface area (Å²) in [6.07, 6.45) is 16.5. The number of allylic oxidation sites excluding steroid dienone is 2. The van der Waals surface area contributed by atoms with Gasteiger partial charge in [-0.1, -0.05) is 12.2 Å². The summed E-state index contributed by atoms with van der Waals surface area (Å²) >= 11 is 0. The minimum absolute atomic E-state index is 0.467. The second kappa shape index (κ2) is 4.91. The third-order valence-corrected chi connectivity index (χ3v) is 6.80.